The van der Waals surface area contributed by atoms with Crippen LogP contribution in [0.3, 0.4) is 0 Å². The predicted molar refractivity (Wildman–Crippen MR) is 73.8 cm³/mol. The number of rotatable bonds is 3. The van der Waals surface area contributed by atoms with Crippen LogP contribution < -0.4 is 15.5 Å². The topological polar surface area (TPSA) is 71.2 Å². The van der Waals surface area contributed by atoms with Crippen molar-refractivity contribution >= 4 is 17.8 Å². The van der Waals surface area contributed by atoms with Crippen molar-refractivity contribution in [1.29, 1.82) is 0 Å². The highest BCUT2D eigenvalue weighted by Gasteiger charge is 2.24. The van der Waals surface area contributed by atoms with Crippen LogP contribution in [0.2, 0.25) is 0 Å². The predicted octanol–water partition coefficient (Wildman–Crippen LogP) is 1.29. The van der Waals surface area contributed by atoms with Crippen molar-refractivity contribution in [2.75, 3.05) is 36.2 Å². The maximum Gasteiger partial charge on any atom is 0.232 e. The van der Waals surface area contributed by atoms with Gasteiger partial charge in [-0.05, 0) is 25.7 Å². The summed E-state index contributed by atoms with van der Waals surface area (Å²) in [5.74, 6) is 1.64. The van der Waals surface area contributed by atoms with Crippen LogP contribution in [0, 0.1) is 0 Å². The summed E-state index contributed by atoms with van der Waals surface area (Å²) >= 11 is 0. The van der Waals surface area contributed by atoms with E-state index in [0.717, 1.165) is 18.9 Å². The largest absolute Gasteiger partial charge is 0.368 e. The fraction of sp³-hybridized carbons (Fsp3) is 0.750. The van der Waals surface area contributed by atoms with E-state index in [1.165, 1.54) is 19.3 Å². The van der Waals surface area contributed by atoms with Gasteiger partial charge in [0.2, 0.25) is 17.8 Å². The van der Waals surface area contributed by atoms with E-state index in [4.69, 9.17) is 5.73 Å². The first-order valence-electron chi connectivity index (χ1n) is 6.57. The van der Waals surface area contributed by atoms with E-state index < -0.39 is 0 Å². The molecule has 6 nitrogen and oxygen atoms in total. The SMILES string of the molecule is CCC1CCCCN1c1nc(N)nc(N(C)C)n1. The molecule has 0 amide bonds. The zero-order chi connectivity index (χ0) is 13.1. The molecule has 1 aromatic rings. The van der Waals surface area contributed by atoms with Gasteiger partial charge in [0, 0.05) is 26.7 Å². The smallest absolute Gasteiger partial charge is 0.232 e. The van der Waals surface area contributed by atoms with Crippen LogP contribution in [0.4, 0.5) is 17.8 Å². The Balaban J connectivity index is 2.30. The van der Waals surface area contributed by atoms with Gasteiger partial charge in [-0.2, -0.15) is 15.0 Å². The minimum Gasteiger partial charge on any atom is -0.368 e. The van der Waals surface area contributed by atoms with E-state index in [0.29, 0.717) is 17.9 Å². The quantitative estimate of drug-likeness (QED) is 0.871. The first kappa shape index (κ1) is 12.9. The molecule has 18 heavy (non-hydrogen) atoms. The first-order valence-corrected chi connectivity index (χ1v) is 6.57. The average Bonchev–Trinajstić information content (AvgIpc) is 2.38. The fourth-order valence-electron chi connectivity index (χ4n) is 2.39. The lowest BCUT2D eigenvalue weighted by Gasteiger charge is -2.35. The van der Waals surface area contributed by atoms with E-state index in [2.05, 4.69) is 26.8 Å². The summed E-state index contributed by atoms with van der Waals surface area (Å²) in [5.41, 5.74) is 5.78. The lowest BCUT2D eigenvalue weighted by atomic mass is 10.0. The van der Waals surface area contributed by atoms with Crippen molar-refractivity contribution in [2.45, 2.75) is 38.6 Å². The van der Waals surface area contributed by atoms with Gasteiger partial charge in [-0.15, -0.1) is 0 Å². The number of hydrogen-bond acceptors (Lipinski definition) is 6. The molecule has 1 saturated heterocycles. The van der Waals surface area contributed by atoms with Crippen LogP contribution in [-0.4, -0.2) is 41.6 Å². The molecule has 6 heteroatoms. The van der Waals surface area contributed by atoms with Crippen molar-refractivity contribution in [2.24, 2.45) is 0 Å². The summed E-state index contributed by atoms with van der Waals surface area (Å²) in [6.45, 7) is 3.22. The van der Waals surface area contributed by atoms with Gasteiger partial charge in [0.25, 0.3) is 0 Å². The third kappa shape index (κ3) is 2.63. The molecule has 2 rings (SSSR count). The Hall–Kier alpha value is -1.59. The number of anilines is 3. The second-order valence-corrected chi connectivity index (χ2v) is 4.94. The molecule has 0 spiro atoms. The maximum atomic E-state index is 5.78. The zero-order valence-corrected chi connectivity index (χ0v) is 11.4. The van der Waals surface area contributed by atoms with E-state index in [-0.39, 0.29) is 0 Å². The molecule has 1 aromatic heterocycles. The Morgan fingerprint density at radius 1 is 1.28 bits per heavy atom. The molecule has 2 N–H and O–H groups in total. The highest BCUT2D eigenvalue weighted by atomic mass is 15.3. The summed E-state index contributed by atoms with van der Waals surface area (Å²) in [7, 11) is 3.82. The molecular formula is C12H22N6. The monoisotopic (exact) mass is 250 g/mol. The summed E-state index contributed by atoms with van der Waals surface area (Å²) in [6, 6.07) is 0.524. The maximum absolute atomic E-state index is 5.78. The fourth-order valence-corrected chi connectivity index (χ4v) is 2.39. The Bertz CT molecular complexity index is 406. The number of aromatic nitrogens is 3. The molecule has 100 valence electrons. The van der Waals surface area contributed by atoms with E-state index in [1.54, 1.807) is 0 Å². The average molecular weight is 250 g/mol. The molecule has 1 aliphatic rings. The third-order valence-corrected chi connectivity index (χ3v) is 3.38. The van der Waals surface area contributed by atoms with Crippen LogP contribution in [0.1, 0.15) is 32.6 Å². The Morgan fingerprint density at radius 2 is 2.06 bits per heavy atom. The third-order valence-electron chi connectivity index (χ3n) is 3.38. The lowest BCUT2D eigenvalue weighted by Crippen LogP contribution is -2.40. The molecule has 0 saturated carbocycles. The molecule has 0 radical (unpaired) electrons. The standard InChI is InChI=1S/C12H22N6/c1-4-9-7-5-6-8-18(9)12-15-10(13)14-11(16-12)17(2)3/h9H,4-8H2,1-3H3,(H2,13,14,15,16). The minimum absolute atomic E-state index is 0.295. The summed E-state index contributed by atoms with van der Waals surface area (Å²) in [5, 5.41) is 0. The van der Waals surface area contributed by atoms with Crippen LogP contribution in [0.25, 0.3) is 0 Å². The highest BCUT2D eigenvalue weighted by molar-refractivity contribution is 5.43. The lowest BCUT2D eigenvalue weighted by molar-refractivity contribution is 0.443. The molecule has 2 heterocycles. The number of nitrogens with two attached hydrogens (primary N) is 1. The Morgan fingerprint density at radius 3 is 2.72 bits per heavy atom. The van der Waals surface area contributed by atoms with Crippen molar-refractivity contribution in [3.05, 3.63) is 0 Å². The number of nitrogens with zero attached hydrogens (tertiary/aromatic N) is 5. The summed E-state index contributed by atoms with van der Waals surface area (Å²) < 4.78 is 0. The van der Waals surface area contributed by atoms with Crippen molar-refractivity contribution in [1.82, 2.24) is 15.0 Å². The van der Waals surface area contributed by atoms with Gasteiger partial charge >= 0.3 is 0 Å². The van der Waals surface area contributed by atoms with Crippen LogP contribution in [0.15, 0.2) is 0 Å². The summed E-state index contributed by atoms with van der Waals surface area (Å²) in [4.78, 5) is 17.1. The van der Waals surface area contributed by atoms with Crippen molar-refractivity contribution in [3.8, 4) is 0 Å². The van der Waals surface area contributed by atoms with Gasteiger partial charge in [0.05, 0.1) is 0 Å². The molecular weight excluding hydrogens is 228 g/mol. The summed E-state index contributed by atoms with van der Waals surface area (Å²) in [6.07, 6.45) is 4.80. The molecule has 0 aromatic carbocycles. The van der Waals surface area contributed by atoms with Gasteiger partial charge in [0.15, 0.2) is 0 Å². The van der Waals surface area contributed by atoms with Crippen molar-refractivity contribution < 1.29 is 0 Å². The van der Waals surface area contributed by atoms with Gasteiger partial charge in [-0.1, -0.05) is 6.92 Å². The van der Waals surface area contributed by atoms with Gasteiger partial charge in [-0.3, -0.25) is 0 Å². The van der Waals surface area contributed by atoms with Gasteiger partial charge < -0.3 is 15.5 Å². The molecule has 1 aliphatic heterocycles. The second-order valence-electron chi connectivity index (χ2n) is 4.94. The van der Waals surface area contributed by atoms with E-state index >= 15 is 0 Å². The Labute approximate surface area is 108 Å². The minimum atomic E-state index is 0.295. The number of nitrogen functional groups attached to an aromatic ring is 1. The van der Waals surface area contributed by atoms with Crippen LogP contribution >= 0.6 is 0 Å². The van der Waals surface area contributed by atoms with E-state index in [9.17, 15) is 0 Å². The highest BCUT2D eigenvalue weighted by Crippen LogP contribution is 2.24. The second kappa shape index (κ2) is 5.37. The molecule has 1 atom stereocenters. The normalized spacial score (nSPS) is 19.9. The molecule has 1 fully saturated rings. The van der Waals surface area contributed by atoms with Crippen LogP contribution in [-0.2, 0) is 0 Å². The molecule has 0 aliphatic carbocycles. The zero-order valence-electron chi connectivity index (χ0n) is 11.4. The van der Waals surface area contributed by atoms with Crippen LogP contribution in [0.5, 0.6) is 0 Å². The Kier molecular flexibility index (Phi) is 3.84. The first-order chi connectivity index (χ1) is 8.61. The number of hydrogen-bond donors (Lipinski definition) is 1. The number of piperidine rings is 1. The molecule has 1 unspecified atom stereocenters. The van der Waals surface area contributed by atoms with E-state index in [1.807, 2.05) is 19.0 Å². The van der Waals surface area contributed by atoms with Gasteiger partial charge in [-0.25, -0.2) is 0 Å². The van der Waals surface area contributed by atoms with Gasteiger partial charge in [0.1, 0.15) is 0 Å². The van der Waals surface area contributed by atoms with Crippen molar-refractivity contribution in [3.63, 3.8) is 0 Å². The molecule has 0 bridgehead atoms.